The standard InChI is InChI=1S/C48H31B2NS2/c1-4-16-32(17-5-1)35-22-14-23-36(33-18-6-2-7-19-33)47(35)50-38-25-11-13-28-44(38)53-46-31-42-39(30-40(46)50)49-37-24-10-12-27-43(37)52-45-29-15-26-41(48(45)49)51(42)34-20-8-3-9-21-34/h1-31H. The van der Waals surface area contributed by atoms with Gasteiger partial charge in [0.25, 0.3) is 0 Å². The molecule has 0 unspecified atom stereocenters. The number of anilines is 3. The molecule has 8 aromatic rings. The molecule has 0 amide bonds. The Bertz CT molecular complexity index is 2640. The van der Waals surface area contributed by atoms with Crippen LogP contribution in [0, 0.1) is 0 Å². The molecule has 0 aromatic heterocycles. The van der Waals surface area contributed by atoms with Crippen LogP contribution in [0.4, 0.5) is 17.1 Å². The van der Waals surface area contributed by atoms with Crippen LogP contribution in [-0.4, -0.2) is 13.4 Å². The smallest absolute Gasteiger partial charge is 0.249 e. The molecule has 0 bridgehead atoms. The van der Waals surface area contributed by atoms with E-state index < -0.39 is 0 Å². The predicted octanol–water partition coefficient (Wildman–Crippen LogP) is 8.77. The Hall–Kier alpha value is -5.61. The molecule has 11 rings (SSSR count). The maximum Gasteiger partial charge on any atom is 0.249 e. The summed E-state index contributed by atoms with van der Waals surface area (Å²) in [6.07, 6.45) is 0. The lowest BCUT2D eigenvalue weighted by Gasteiger charge is -2.41. The lowest BCUT2D eigenvalue weighted by molar-refractivity contribution is 1.25. The molecule has 0 saturated carbocycles. The molecule has 0 radical (unpaired) electrons. The molecule has 3 aliphatic rings. The SMILES string of the molecule is c1ccc(-c2cccc(-c3ccccc3)c2B2c3ccccc3Sc3cc4c(cc32)B2c3ccccc3Sc3cccc(c32)N4c2ccccc2)cc1. The molecule has 53 heavy (non-hydrogen) atoms. The van der Waals surface area contributed by atoms with Crippen molar-refractivity contribution >= 4 is 86.8 Å². The van der Waals surface area contributed by atoms with Gasteiger partial charge in [0, 0.05) is 36.6 Å². The van der Waals surface area contributed by atoms with Gasteiger partial charge in [-0.15, -0.1) is 0 Å². The lowest BCUT2D eigenvalue weighted by Crippen LogP contribution is -2.62. The van der Waals surface area contributed by atoms with Crippen molar-refractivity contribution in [1.82, 2.24) is 0 Å². The number of para-hydroxylation sites is 1. The Morgan fingerprint density at radius 3 is 1.49 bits per heavy atom. The zero-order valence-corrected chi connectivity index (χ0v) is 30.4. The van der Waals surface area contributed by atoms with Gasteiger partial charge < -0.3 is 4.90 Å². The summed E-state index contributed by atoms with van der Waals surface area (Å²) in [6.45, 7) is 0.147. The quantitative estimate of drug-likeness (QED) is 0.169. The highest BCUT2D eigenvalue weighted by atomic mass is 32.2. The molecule has 0 saturated heterocycles. The van der Waals surface area contributed by atoms with Crippen molar-refractivity contribution in [1.29, 1.82) is 0 Å². The van der Waals surface area contributed by atoms with E-state index in [4.69, 9.17) is 0 Å². The molecule has 0 fully saturated rings. The van der Waals surface area contributed by atoms with Crippen molar-refractivity contribution < 1.29 is 0 Å². The fourth-order valence-corrected chi connectivity index (χ4v) is 11.2. The number of hydrogen-bond acceptors (Lipinski definition) is 3. The van der Waals surface area contributed by atoms with Crippen molar-refractivity contribution in [3.63, 3.8) is 0 Å². The molecule has 3 heterocycles. The van der Waals surface area contributed by atoms with Gasteiger partial charge in [0.15, 0.2) is 0 Å². The van der Waals surface area contributed by atoms with Crippen LogP contribution in [0.2, 0.25) is 0 Å². The Labute approximate surface area is 319 Å². The van der Waals surface area contributed by atoms with Crippen LogP contribution >= 0.6 is 23.5 Å². The van der Waals surface area contributed by atoms with E-state index in [-0.39, 0.29) is 13.4 Å². The summed E-state index contributed by atoms with van der Waals surface area (Å²) in [4.78, 5) is 7.83. The average Bonchev–Trinajstić information content (AvgIpc) is 3.23. The fourth-order valence-electron chi connectivity index (χ4n) is 8.87. The third-order valence-electron chi connectivity index (χ3n) is 11.1. The summed E-state index contributed by atoms with van der Waals surface area (Å²) >= 11 is 3.82. The third-order valence-corrected chi connectivity index (χ3v) is 13.4. The maximum atomic E-state index is 2.60. The minimum atomic E-state index is 0.0226. The van der Waals surface area contributed by atoms with Gasteiger partial charge in [-0.3, -0.25) is 0 Å². The van der Waals surface area contributed by atoms with Crippen LogP contribution < -0.4 is 37.7 Å². The summed E-state index contributed by atoms with van der Waals surface area (Å²) < 4.78 is 0. The fraction of sp³-hybridized carbons (Fsp3) is 0. The molecule has 0 N–H and O–H groups in total. The largest absolute Gasteiger partial charge is 0.311 e. The number of nitrogens with zero attached hydrogens (tertiary/aromatic N) is 1. The number of rotatable bonds is 4. The first-order valence-corrected chi connectivity index (χ1v) is 19.9. The summed E-state index contributed by atoms with van der Waals surface area (Å²) in [6, 6.07) is 69.9. The minimum Gasteiger partial charge on any atom is -0.311 e. The molecular weight excluding hydrogens is 676 g/mol. The zero-order chi connectivity index (χ0) is 34.9. The van der Waals surface area contributed by atoms with Crippen molar-refractivity contribution in [2.75, 3.05) is 4.90 Å². The summed E-state index contributed by atoms with van der Waals surface area (Å²) in [5.41, 5.74) is 17.0. The van der Waals surface area contributed by atoms with Crippen molar-refractivity contribution in [2.24, 2.45) is 0 Å². The molecule has 246 valence electrons. The lowest BCUT2D eigenvalue weighted by atomic mass is 9.31. The van der Waals surface area contributed by atoms with Crippen LogP contribution in [-0.2, 0) is 0 Å². The van der Waals surface area contributed by atoms with E-state index in [1.807, 2.05) is 23.5 Å². The highest BCUT2D eigenvalue weighted by Gasteiger charge is 2.43. The van der Waals surface area contributed by atoms with E-state index in [9.17, 15) is 0 Å². The van der Waals surface area contributed by atoms with Crippen molar-refractivity contribution in [3.8, 4) is 22.3 Å². The van der Waals surface area contributed by atoms with Gasteiger partial charge >= 0.3 is 0 Å². The Balaban J connectivity index is 1.24. The molecule has 8 aromatic carbocycles. The highest BCUT2D eigenvalue weighted by molar-refractivity contribution is 8.00. The Morgan fingerprint density at radius 2 is 0.849 bits per heavy atom. The van der Waals surface area contributed by atoms with E-state index in [1.165, 1.54) is 91.7 Å². The van der Waals surface area contributed by atoms with Crippen LogP contribution in [0.5, 0.6) is 0 Å². The van der Waals surface area contributed by atoms with Crippen molar-refractivity contribution in [3.05, 3.63) is 188 Å². The molecule has 5 heteroatoms. The van der Waals surface area contributed by atoms with E-state index in [1.54, 1.807) is 0 Å². The topological polar surface area (TPSA) is 3.24 Å². The first kappa shape index (κ1) is 31.0. The van der Waals surface area contributed by atoms with Gasteiger partial charge in [0.2, 0.25) is 13.4 Å². The highest BCUT2D eigenvalue weighted by Crippen LogP contribution is 2.43. The van der Waals surface area contributed by atoms with Gasteiger partial charge in [-0.25, -0.2) is 0 Å². The molecular formula is C48H31B2NS2. The molecule has 3 aliphatic heterocycles. The second kappa shape index (κ2) is 12.5. The normalized spacial score (nSPS) is 13.4. The first-order valence-electron chi connectivity index (χ1n) is 18.2. The molecule has 1 nitrogen and oxygen atoms in total. The van der Waals surface area contributed by atoms with Crippen LogP contribution in [0.1, 0.15) is 0 Å². The monoisotopic (exact) mass is 707 g/mol. The van der Waals surface area contributed by atoms with E-state index in [0.29, 0.717) is 0 Å². The van der Waals surface area contributed by atoms with Gasteiger partial charge in [0.1, 0.15) is 0 Å². The molecule has 0 spiro atoms. The van der Waals surface area contributed by atoms with Gasteiger partial charge in [0.05, 0.1) is 0 Å². The minimum absolute atomic E-state index is 0.0226. The summed E-state index contributed by atoms with van der Waals surface area (Å²) in [5, 5.41) is 0. The number of hydrogen-bond donors (Lipinski definition) is 0. The van der Waals surface area contributed by atoms with Crippen LogP contribution in [0.3, 0.4) is 0 Å². The zero-order valence-electron chi connectivity index (χ0n) is 28.8. The number of benzene rings is 8. The van der Waals surface area contributed by atoms with E-state index in [0.717, 1.165) is 0 Å². The maximum absolute atomic E-state index is 2.60. The number of fused-ring (bicyclic) bond motifs is 6. The second-order valence-electron chi connectivity index (χ2n) is 14.0. The third kappa shape index (κ3) is 4.91. The molecule has 0 atom stereocenters. The van der Waals surface area contributed by atoms with Crippen LogP contribution in [0.25, 0.3) is 22.3 Å². The van der Waals surface area contributed by atoms with E-state index >= 15 is 0 Å². The Kier molecular flexibility index (Phi) is 7.31. The molecule has 0 aliphatic carbocycles. The average molecular weight is 708 g/mol. The van der Waals surface area contributed by atoms with Crippen molar-refractivity contribution in [2.45, 2.75) is 19.6 Å². The summed E-state index contributed by atoms with van der Waals surface area (Å²) in [5.74, 6) is 0. The summed E-state index contributed by atoms with van der Waals surface area (Å²) in [7, 11) is 0. The predicted molar refractivity (Wildman–Crippen MR) is 229 cm³/mol. The Morgan fingerprint density at radius 1 is 0.340 bits per heavy atom. The van der Waals surface area contributed by atoms with Gasteiger partial charge in [-0.1, -0.05) is 191 Å². The van der Waals surface area contributed by atoms with Gasteiger partial charge in [-0.2, -0.15) is 0 Å². The van der Waals surface area contributed by atoms with Crippen LogP contribution in [0.15, 0.2) is 208 Å². The van der Waals surface area contributed by atoms with Gasteiger partial charge in [-0.05, 0) is 75.6 Å². The van der Waals surface area contributed by atoms with E-state index in [2.05, 4.69) is 193 Å². The second-order valence-corrected chi connectivity index (χ2v) is 16.1. The first-order chi connectivity index (χ1) is 26.3.